The Morgan fingerprint density at radius 3 is 2.30 bits per heavy atom. The Bertz CT molecular complexity index is 675. The molecule has 1 amide bonds. The average Bonchev–Trinajstić information content (AvgIpc) is 2.42. The number of hydrogen-bond donors (Lipinski definition) is 2. The number of rotatable bonds is 2. The number of aryl methyl sites for hydroxylation is 2. The molecule has 2 aromatic rings. The number of carbonyl (C=O) groups excluding carboxylic acids is 1. The molecule has 0 fully saturated rings. The van der Waals surface area contributed by atoms with E-state index in [-0.39, 0.29) is 5.91 Å². The van der Waals surface area contributed by atoms with Gasteiger partial charge in [0, 0.05) is 5.56 Å². The van der Waals surface area contributed by atoms with Crippen LogP contribution in [0.25, 0.3) is 0 Å². The lowest BCUT2D eigenvalue weighted by Gasteiger charge is -2.14. The fourth-order valence-corrected chi connectivity index (χ4v) is 2.18. The Kier molecular flexibility index (Phi) is 3.79. The number of carbonyl (C=O) groups is 1. The van der Waals surface area contributed by atoms with E-state index in [9.17, 15) is 4.79 Å². The molecule has 0 aliphatic carbocycles. The van der Waals surface area contributed by atoms with Crippen molar-refractivity contribution in [2.24, 2.45) is 0 Å². The van der Waals surface area contributed by atoms with Crippen LogP contribution in [0.1, 0.15) is 32.6 Å². The minimum Gasteiger partial charge on any atom is -0.397 e. The van der Waals surface area contributed by atoms with Gasteiger partial charge in [-0.05, 0) is 62.1 Å². The lowest BCUT2D eigenvalue weighted by Crippen LogP contribution is -2.16. The maximum atomic E-state index is 12.4. The first-order valence-electron chi connectivity index (χ1n) is 6.65. The Morgan fingerprint density at radius 1 is 0.950 bits per heavy atom. The predicted molar refractivity (Wildman–Crippen MR) is 84.2 cm³/mol. The second kappa shape index (κ2) is 5.37. The molecule has 20 heavy (non-hydrogen) atoms. The van der Waals surface area contributed by atoms with Crippen molar-refractivity contribution in [2.45, 2.75) is 27.7 Å². The molecule has 3 nitrogen and oxygen atoms in total. The van der Waals surface area contributed by atoms with Crippen LogP contribution < -0.4 is 11.1 Å². The molecule has 0 spiro atoms. The van der Waals surface area contributed by atoms with Gasteiger partial charge in [-0.3, -0.25) is 4.79 Å². The minimum absolute atomic E-state index is 0.119. The molecule has 0 radical (unpaired) electrons. The number of hydrogen-bond acceptors (Lipinski definition) is 2. The SMILES string of the molecule is Cc1cccc(C(=O)Nc2c(N)ccc(C)c2C)c1C. The van der Waals surface area contributed by atoms with Crippen LogP contribution in [-0.4, -0.2) is 5.91 Å². The van der Waals surface area contributed by atoms with Gasteiger partial charge in [-0.2, -0.15) is 0 Å². The van der Waals surface area contributed by atoms with Crippen LogP contribution in [0.3, 0.4) is 0 Å². The number of nitrogen functional groups attached to an aromatic ring is 1. The fourth-order valence-electron chi connectivity index (χ4n) is 2.18. The van der Waals surface area contributed by atoms with E-state index in [0.717, 1.165) is 22.3 Å². The van der Waals surface area contributed by atoms with Gasteiger partial charge >= 0.3 is 0 Å². The number of nitrogens with two attached hydrogens (primary N) is 1. The lowest BCUT2D eigenvalue weighted by atomic mass is 10.0. The Labute approximate surface area is 119 Å². The van der Waals surface area contributed by atoms with Crippen molar-refractivity contribution in [3.63, 3.8) is 0 Å². The van der Waals surface area contributed by atoms with Crippen molar-refractivity contribution in [1.29, 1.82) is 0 Å². The van der Waals surface area contributed by atoms with Gasteiger partial charge in [0.15, 0.2) is 0 Å². The average molecular weight is 268 g/mol. The smallest absolute Gasteiger partial charge is 0.256 e. The van der Waals surface area contributed by atoms with E-state index in [4.69, 9.17) is 5.73 Å². The summed E-state index contributed by atoms with van der Waals surface area (Å²) in [6, 6.07) is 9.50. The quantitative estimate of drug-likeness (QED) is 0.815. The minimum atomic E-state index is -0.119. The molecule has 0 saturated carbocycles. The third kappa shape index (κ3) is 2.52. The summed E-state index contributed by atoms with van der Waals surface area (Å²) in [5, 5.41) is 2.94. The van der Waals surface area contributed by atoms with Gasteiger partial charge in [0.2, 0.25) is 0 Å². The van der Waals surface area contributed by atoms with Gasteiger partial charge < -0.3 is 11.1 Å². The van der Waals surface area contributed by atoms with E-state index in [0.29, 0.717) is 16.9 Å². The molecule has 3 N–H and O–H groups in total. The number of benzene rings is 2. The largest absolute Gasteiger partial charge is 0.397 e. The third-order valence-corrected chi connectivity index (χ3v) is 3.86. The zero-order valence-electron chi connectivity index (χ0n) is 12.4. The molecule has 104 valence electrons. The number of amides is 1. The third-order valence-electron chi connectivity index (χ3n) is 3.86. The molecule has 2 rings (SSSR count). The van der Waals surface area contributed by atoms with Gasteiger partial charge in [0.05, 0.1) is 11.4 Å². The molecule has 2 aromatic carbocycles. The summed E-state index contributed by atoms with van der Waals surface area (Å²) < 4.78 is 0. The number of anilines is 2. The molecule has 0 heterocycles. The summed E-state index contributed by atoms with van der Waals surface area (Å²) in [5.41, 5.74) is 12.2. The first kappa shape index (κ1) is 14.1. The van der Waals surface area contributed by atoms with E-state index < -0.39 is 0 Å². The molecular formula is C17H20N2O. The van der Waals surface area contributed by atoms with Crippen molar-refractivity contribution in [3.8, 4) is 0 Å². The highest BCUT2D eigenvalue weighted by atomic mass is 16.1. The highest BCUT2D eigenvalue weighted by molar-refractivity contribution is 6.07. The van der Waals surface area contributed by atoms with Crippen LogP contribution in [-0.2, 0) is 0 Å². The van der Waals surface area contributed by atoms with Crippen molar-refractivity contribution in [1.82, 2.24) is 0 Å². The van der Waals surface area contributed by atoms with Crippen molar-refractivity contribution in [2.75, 3.05) is 11.1 Å². The van der Waals surface area contributed by atoms with E-state index in [1.54, 1.807) is 0 Å². The zero-order chi connectivity index (χ0) is 14.9. The highest BCUT2D eigenvalue weighted by Crippen LogP contribution is 2.26. The van der Waals surface area contributed by atoms with E-state index >= 15 is 0 Å². The van der Waals surface area contributed by atoms with Gasteiger partial charge in [0.25, 0.3) is 5.91 Å². The zero-order valence-corrected chi connectivity index (χ0v) is 12.4. The van der Waals surface area contributed by atoms with Crippen LogP contribution in [0, 0.1) is 27.7 Å². The normalized spacial score (nSPS) is 10.4. The molecule has 0 unspecified atom stereocenters. The number of nitrogens with one attached hydrogen (secondary N) is 1. The first-order chi connectivity index (χ1) is 9.41. The topological polar surface area (TPSA) is 55.1 Å². The summed E-state index contributed by atoms with van der Waals surface area (Å²) in [6.45, 7) is 7.92. The monoisotopic (exact) mass is 268 g/mol. The van der Waals surface area contributed by atoms with Crippen molar-refractivity contribution < 1.29 is 4.79 Å². The Hall–Kier alpha value is -2.29. The summed E-state index contributed by atoms with van der Waals surface area (Å²) in [7, 11) is 0. The molecule has 3 heteroatoms. The van der Waals surface area contributed by atoms with Gasteiger partial charge in [-0.15, -0.1) is 0 Å². The van der Waals surface area contributed by atoms with Crippen molar-refractivity contribution in [3.05, 3.63) is 58.1 Å². The van der Waals surface area contributed by atoms with Crippen LogP contribution in [0.2, 0.25) is 0 Å². The van der Waals surface area contributed by atoms with E-state index in [2.05, 4.69) is 5.32 Å². The van der Waals surface area contributed by atoms with Gasteiger partial charge in [0.1, 0.15) is 0 Å². The molecule has 0 saturated heterocycles. The maximum Gasteiger partial charge on any atom is 0.256 e. The Balaban J connectivity index is 2.38. The lowest BCUT2D eigenvalue weighted by molar-refractivity contribution is 0.102. The summed E-state index contributed by atoms with van der Waals surface area (Å²) >= 11 is 0. The second-order valence-corrected chi connectivity index (χ2v) is 5.17. The second-order valence-electron chi connectivity index (χ2n) is 5.17. The summed E-state index contributed by atoms with van der Waals surface area (Å²) in [5.74, 6) is -0.119. The summed E-state index contributed by atoms with van der Waals surface area (Å²) in [4.78, 5) is 12.4. The van der Waals surface area contributed by atoms with E-state index in [1.807, 2.05) is 58.0 Å². The molecular weight excluding hydrogens is 248 g/mol. The molecule has 0 aromatic heterocycles. The van der Waals surface area contributed by atoms with Crippen molar-refractivity contribution >= 4 is 17.3 Å². The fraction of sp³-hybridized carbons (Fsp3) is 0.235. The van der Waals surface area contributed by atoms with Crippen LogP contribution in [0.4, 0.5) is 11.4 Å². The van der Waals surface area contributed by atoms with Crippen LogP contribution in [0.15, 0.2) is 30.3 Å². The molecule has 0 aliphatic rings. The van der Waals surface area contributed by atoms with E-state index in [1.165, 1.54) is 0 Å². The predicted octanol–water partition coefficient (Wildman–Crippen LogP) is 3.75. The maximum absolute atomic E-state index is 12.4. The standard InChI is InChI=1S/C17H20N2O/c1-10-6-5-7-14(12(10)3)17(20)19-16-13(4)11(2)8-9-15(16)18/h5-9H,18H2,1-4H3,(H,19,20). The molecule has 0 aliphatic heterocycles. The van der Waals surface area contributed by atoms with Gasteiger partial charge in [-0.1, -0.05) is 18.2 Å². The first-order valence-corrected chi connectivity index (χ1v) is 6.65. The molecule has 0 atom stereocenters. The van der Waals surface area contributed by atoms with Gasteiger partial charge in [-0.25, -0.2) is 0 Å². The Morgan fingerprint density at radius 2 is 1.60 bits per heavy atom. The highest BCUT2D eigenvalue weighted by Gasteiger charge is 2.13. The summed E-state index contributed by atoms with van der Waals surface area (Å²) in [6.07, 6.45) is 0. The van der Waals surface area contributed by atoms with Crippen LogP contribution >= 0.6 is 0 Å². The molecule has 0 bridgehead atoms. The van der Waals surface area contributed by atoms with Crippen LogP contribution in [0.5, 0.6) is 0 Å².